The molecule has 0 spiro atoms. The molecule has 0 aliphatic rings. The van der Waals surface area contributed by atoms with Gasteiger partial charge in [0.05, 0.1) is 6.61 Å². The Morgan fingerprint density at radius 1 is 1.40 bits per heavy atom. The molecule has 88 valence electrons. The van der Waals surface area contributed by atoms with Crippen LogP contribution in [0.4, 0.5) is 0 Å². The summed E-state index contributed by atoms with van der Waals surface area (Å²) in [6.45, 7) is 12.3. The molecule has 0 aromatic carbocycles. The van der Waals surface area contributed by atoms with Gasteiger partial charge in [0.1, 0.15) is 0 Å². The minimum absolute atomic E-state index is 0.264. The van der Waals surface area contributed by atoms with Crippen molar-refractivity contribution >= 4 is 5.97 Å². The zero-order valence-electron chi connectivity index (χ0n) is 10.5. The van der Waals surface area contributed by atoms with E-state index in [2.05, 4.69) is 27.4 Å². The largest absolute Gasteiger partial charge is 0.462 e. The highest BCUT2D eigenvalue weighted by molar-refractivity contribution is 5.86. The van der Waals surface area contributed by atoms with Crippen LogP contribution in [0.1, 0.15) is 47.0 Å². The highest BCUT2D eigenvalue weighted by Crippen LogP contribution is 2.17. The number of hydrogen-bond donors (Lipinski definition) is 0. The fourth-order valence-corrected chi connectivity index (χ4v) is 1.66. The van der Waals surface area contributed by atoms with Crippen LogP contribution < -0.4 is 0 Å². The molecule has 0 aromatic heterocycles. The minimum atomic E-state index is -0.264. The third-order valence-electron chi connectivity index (χ3n) is 2.30. The van der Waals surface area contributed by atoms with E-state index < -0.39 is 0 Å². The van der Waals surface area contributed by atoms with Crippen molar-refractivity contribution in [2.45, 2.75) is 47.0 Å². The van der Waals surface area contributed by atoms with Crippen LogP contribution in [0.5, 0.6) is 0 Å². The summed E-state index contributed by atoms with van der Waals surface area (Å²) in [6.07, 6.45) is 3.39. The molecule has 0 saturated carbocycles. The van der Waals surface area contributed by atoms with Crippen LogP contribution in [0.3, 0.4) is 0 Å². The lowest BCUT2D eigenvalue weighted by molar-refractivity contribution is -0.140. The Morgan fingerprint density at radius 3 is 2.40 bits per heavy atom. The molecule has 0 aliphatic heterocycles. The van der Waals surface area contributed by atoms with Crippen LogP contribution >= 0.6 is 0 Å². The van der Waals surface area contributed by atoms with Gasteiger partial charge in [-0.05, 0) is 31.6 Å². The van der Waals surface area contributed by atoms with Crippen molar-refractivity contribution in [3.8, 4) is 0 Å². The van der Waals surface area contributed by atoms with Crippen molar-refractivity contribution < 1.29 is 9.53 Å². The van der Waals surface area contributed by atoms with E-state index >= 15 is 0 Å². The van der Waals surface area contributed by atoms with E-state index in [4.69, 9.17) is 4.74 Å². The summed E-state index contributed by atoms with van der Waals surface area (Å²) in [5.41, 5.74) is 0.481. The van der Waals surface area contributed by atoms with Gasteiger partial charge in [-0.15, -0.1) is 0 Å². The standard InChI is InChI=1S/C13H24O2/c1-6-7-12(8-10(2)3)9-15-13(14)11(4)5/h10,12H,4,6-9H2,1-3,5H3. The highest BCUT2D eigenvalue weighted by atomic mass is 16.5. The Hall–Kier alpha value is -0.790. The second-order valence-corrected chi connectivity index (χ2v) is 4.66. The fraction of sp³-hybridized carbons (Fsp3) is 0.769. The summed E-state index contributed by atoms with van der Waals surface area (Å²) in [5.74, 6) is 0.892. The molecule has 0 fully saturated rings. The Morgan fingerprint density at radius 2 is 2.00 bits per heavy atom. The molecule has 0 amide bonds. The van der Waals surface area contributed by atoms with E-state index in [0.717, 1.165) is 19.3 Å². The van der Waals surface area contributed by atoms with Crippen LogP contribution in [0.25, 0.3) is 0 Å². The lowest BCUT2D eigenvalue weighted by Crippen LogP contribution is -2.16. The monoisotopic (exact) mass is 212 g/mol. The summed E-state index contributed by atoms with van der Waals surface area (Å²) in [7, 11) is 0. The maximum absolute atomic E-state index is 11.2. The lowest BCUT2D eigenvalue weighted by Gasteiger charge is -2.18. The molecule has 0 aromatic rings. The maximum Gasteiger partial charge on any atom is 0.333 e. The highest BCUT2D eigenvalue weighted by Gasteiger charge is 2.13. The first-order valence-corrected chi connectivity index (χ1v) is 5.80. The molecular formula is C13H24O2. The smallest absolute Gasteiger partial charge is 0.333 e. The minimum Gasteiger partial charge on any atom is -0.462 e. The zero-order chi connectivity index (χ0) is 11.8. The molecule has 0 saturated heterocycles. The van der Waals surface area contributed by atoms with Crippen molar-refractivity contribution in [3.05, 3.63) is 12.2 Å². The average Bonchev–Trinajstić information content (AvgIpc) is 2.13. The quantitative estimate of drug-likeness (QED) is 0.476. The molecule has 0 bridgehead atoms. The van der Waals surface area contributed by atoms with Gasteiger partial charge in [-0.1, -0.05) is 33.8 Å². The Bertz CT molecular complexity index is 207. The summed E-state index contributed by atoms with van der Waals surface area (Å²) < 4.78 is 5.18. The van der Waals surface area contributed by atoms with Crippen LogP contribution in [-0.2, 0) is 9.53 Å². The van der Waals surface area contributed by atoms with E-state index in [1.54, 1.807) is 6.92 Å². The van der Waals surface area contributed by atoms with E-state index in [-0.39, 0.29) is 5.97 Å². The second kappa shape index (κ2) is 7.49. The number of ether oxygens (including phenoxy) is 1. The lowest BCUT2D eigenvalue weighted by atomic mass is 9.94. The molecule has 0 heterocycles. The molecule has 1 atom stereocenters. The first-order valence-electron chi connectivity index (χ1n) is 5.80. The van der Waals surface area contributed by atoms with Gasteiger partial charge >= 0.3 is 5.97 Å². The van der Waals surface area contributed by atoms with Crippen molar-refractivity contribution in [3.63, 3.8) is 0 Å². The fourth-order valence-electron chi connectivity index (χ4n) is 1.66. The van der Waals surface area contributed by atoms with Crippen molar-refractivity contribution in [1.82, 2.24) is 0 Å². The van der Waals surface area contributed by atoms with E-state index in [9.17, 15) is 4.79 Å². The maximum atomic E-state index is 11.2. The van der Waals surface area contributed by atoms with Gasteiger partial charge in [0.25, 0.3) is 0 Å². The van der Waals surface area contributed by atoms with E-state index in [1.807, 2.05) is 0 Å². The van der Waals surface area contributed by atoms with Gasteiger partial charge in [0, 0.05) is 5.57 Å². The van der Waals surface area contributed by atoms with E-state index in [0.29, 0.717) is 24.0 Å². The molecule has 0 aliphatic carbocycles. The molecule has 0 radical (unpaired) electrons. The molecule has 1 unspecified atom stereocenters. The summed E-state index contributed by atoms with van der Waals surface area (Å²) in [4.78, 5) is 11.2. The van der Waals surface area contributed by atoms with Crippen molar-refractivity contribution in [1.29, 1.82) is 0 Å². The number of rotatable bonds is 7. The van der Waals surface area contributed by atoms with E-state index in [1.165, 1.54) is 0 Å². The molecule has 2 nitrogen and oxygen atoms in total. The second-order valence-electron chi connectivity index (χ2n) is 4.66. The number of carbonyl (C=O) groups is 1. The first-order chi connectivity index (χ1) is 6.97. The molecule has 15 heavy (non-hydrogen) atoms. The SMILES string of the molecule is C=C(C)C(=O)OCC(CCC)CC(C)C. The Labute approximate surface area is 93.7 Å². The van der Waals surface area contributed by atoms with Gasteiger partial charge < -0.3 is 4.74 Å². The number of hydrogen-bond acceptors (Lipinski definition) is 2. The average molecular weight is 212 g/mol. The summed E-state index contributed by atoms with van der Waals surface area (Å²) in [5, 5.41) is 0. The van der Waals surface area contributed by atoms with Gasteiger partial charge in [-0.3, -0.25) is 0 Å². The van der Waals surface area contributed by atoms with Crippen LogP contribution in [-0.4, -0.2) is 12.6 Å². The van der Waals surface area contributed by atoms with Crippen LogP contribution in [0, 0.1) is 11.8 Å². The number of carbonyl (C=O) groups excluding carboxylic acids is 1. The summed E-state index contributed by atoms with van der Waals surface area (Å²) >= 11 is 0. The van der Waals surface area contributed by atoms with Crippen molar-refractivity contribution in [2.24, 2.45) is 11.8 Å². The Balaban J connectivity index is 3.94. The molecule has 0 rings (SSSR count). The molecular weight excluding hydrogens is 188 g/mol. The van der Waals surface area contributed by atoms with Gasteiger partial charge in [0.15, 0.2) is 0 Å². The van der Waals surface area contributed by atoms with Crippen LogP contribution in [0.15, 0.2) is 12.2 Å². The van der Waals surface area contributed by atoms with Crippen LogP contribution in [0.2, 0.25) is 0 Å². The predicted octanol–water partition coefficient (Wildman–Crippen LogP) is 3.57. The summed E-state index contributed by atoms with van der Waals surface area (Å²) in [6, 6.07) is 0. The molecule has 2 heteroatoms. The number of esters is 1. The third-order valence-corrected chi connectivity index (χ3v) is 2.30. The van der Waals surface area contributed by atoms with Gasteiger partial charge in [0.2, 0.25) is 0 Å². The first kappa shape index (κ1) is 14.2. The third kappa shape index (κ3) is 7.18. The Kier molecular flexibility index (Phi) is 7.10. The van der Waals surface area contributed by atoms with Gasteiger partial charge in [-0.2, -0.15) is 0 Å². The molecule has 0 N–H and O–H groups in total. The van der Waals surface area contributed by atoms with Gasteiger partial charge in [-0.25, -0.2) is 4.79 Å². The normalized spacial score (nSPS) is 12.6. The topological polar surface area (TPSA) is 26.3 Å². The van der Waals surface area contributed by atoms with Crippen molar-refractivity contribution in [2.75, 3.05) is 6.61 Å². The predicted molar refractivity (Wildman–Crippen MR) is 63.6 cm³/mol. The zero-order valence-corrected chi connectivity index (χ0v) is 10.5.